The van der Waals surface area contributed by atoms with E-state index in [0.717, 1.165) is 4.68 Å². The van der Waals surface area contributed by atoms with Gasteiger partial charge in [0.2, 0.25) is 10.0 Å². The predicted octanol–water partition coefficient (Wildman–Crippen LogP) is 2.89. The van der Waals surface area contributed by atoms with Gasteiger partial charge in [0.05, 0.1) is 17.6 Å². The van der Waals surface area contributed by atoms with Crippen LogP contribution >= 0.6 is 0 Å². The number of fused-ring (bicyclic) bond motifs is 1. The molecule has 0 spiro atoms. The monoisotopic (exact) mass is 446 g/mol. The van der Waals surface area contributed by atoms with Crippen LogP contribution in [-0.4, -0.2) is 57.6 Å². The summed E-state index contributed by atoms with van der Waals surface area (Å²) in [6, 6.07) is -0.385. The van der Waals surface area contributed by atoms with Gasteiger partial charge >= 0.3 is 6.18 Å². The number of hydrogen-bond acceptors (Lipinski definition) is 5. The number of aromatic nitrogens is 4. The third kappa shape index (κ3) is 3.49. The van der Waals surface area contributed by atoms with E-state index in [-0.39, 0.29) is 29.8 Å². The zero-order chi connectivity index (χ0) is 21.8. The van der Waals surface area contributed by atoms with Gasteiger partial charge in [0.25, 0.3) is 0 Å². The first-order valence-electron chi connectivity index (χ1n) is 9.97. The van der Waals surface area contributed by atoms with Gasteiger partial charge in [-0.05, 0) is 33.6 Å². The molecule has 12 heteroatoms. The summed E-state index contributed by atoms with van der Waals surface area (Å²) in [5.41, 5.74) is 1.06. The first-order valence-corrected chi connectivity index (χ1v) is 11.4. The maximum absolute atomic E-state index is 13.5. The standard InChI is InChI=1S/C18H25F3N6O2S/c1-4-26-12(3)15(9-22-26)30(28,29)25-6-5-13(10-25)14-8-17-23-11(2)7-16(18(19,20)21)27(17)24-14/h8-9,11,13,16,23H,4-7,10H2,1-3H3/t11-,13-,16-/m1/s1. The molecule has 0 aromatic carbocycles. The maximum atomic E-state index is 13.5. The third-order valence-electron chi connectivity index (χ3n) is 5.94. The zero-order valence-corrected chi connectivity index (χ0v) is 17.8. The molecule has 2 aromatic heterocycles. The Labute approximate surface area is 173 Å². The number of nitrogens with zero attached hydrogens (tertiary/aromatic N) is 5. The van der Waals surface area contributed by atoms with Crippen LogP contribution in [0.1, 0.15) is 50.0 Å². The summed E-state index contributed by atoms with van der Waals surface area (Å²) in [5.74, 6) is 0.0674. The quantitative estimate of drug-likeness (QED) is 0.781. The number of alkyl halides is 3. The summed E-state index contributed by atoms with van der Waals surface area (Å²) in [6.07, 6.45) is -2.63. The molecule has 0 radical (unpaired) electrons. The summed E-state index contributed by atoms with van der Waals surface area (Å²) in [5, 5.41) is 11.4. The van der Waals surface area contributed by atoms with Gasteiger partial charge in [0, 0.05) is 37.7 Å². The molecule has 0 aliphatic carbocycles. The van der Waals surface area contributed by atoms with Crippen LogP contribution in [0.25, 0.3) is 0 Å². The zero-order valence-electron chi connectivity index (χ0n) is 17.0. The molecule has 30 heavy (non-hydrogen) atoms. The molecule has 1 saturated heterocycles. The fraction of sp³-hybridized carbons (Fsp3) is 0.667. The number of aryl methyl sites for hydroxylation is 1. The normalized spacial score (nSPS) is 25.3. The van der Waals surface area contributed by atoms with Gasteiger partial charge in [-0.2, -0.15) is 27.7 Å². The van der Waals surface area contributed by atoms with Crippen molar-refractivity contribution in [1.29, 1.82) is 0 Å². The van der Waals surface area contributed by atoms with Crippen LogP contribution in [0.5, 0.6) is 0 Å². The smallest absolute Gasteiger partial charge is 0.368 e. The lowest BCUT2D eigenvalue weighted by Crippen LogP contribution is -2.37. The van der Waals surface area contributed by atoms with E-state index >= 15 is 0 Å². The molecule has 3 atom stereocenters. The second-order valence-corrected chi connectivity index (χ2v) is 9.90. The summed E-state index contributed by atoms with van der Waals surface area (Å²) in [4.78, 5) is 0.168. The molecule has 0 bridgehead atoms. The van der Waals surface area contributed by atoms with E-state index < -0.39 is 22.2 Å². The summed E-state index contributed by atoms with van der Waals surface area (Å²) in [7, 11) is -3.72. The Morgan fingerprint density at radius 2 is 2.07 bits per heavy atom. The highest BCUT2D eigenvalue weighted by molar-refractivity contribution is 7.89. The Morgan fingerprint density at radius 1 is 1.33 bits per heavy atom. The Bertz CT molecular complexity index is 1040. The minimum Gasteiger partial charge on any atom is -0.368 e. The van der Waals surface area contributed by atoms with E-state index in [0.29, 0.717) is 36.7 Å². The molecule has 0 unspecified atom stereocenters. The van der Waals surface area contributed by atoms with Crippen LogP contribution < -0.4 is 5.32 Å². The second-order valence-electron chi connectivity index (χ2n) is 8.00. The molecule has 2 aliphatic rings. The van der Waals surface area contributed by atoms with E-state index in [1.165, 1.54) is 10.5 Å². The lowest BCUT2D eigenvalue weighted by atomic mass is 10.0. The Morgan fingerprint density at radius 3 is 2.70 bits per heavy atom. The molecule has 1 N–H and O–H groups in total. The van der Waals surface area contributed by atoms with Gasteiger partial charge in [0.15, 0.2) is 6.04 Å². The molecule has 1 fully saturated rings. The van der Waals surface area contributed by atoms with Crippen molar-refractivity contribution in [2.45, 2.75) is 69.2 Å². The molecule has 166 valence electrons. The molecule has 8 nitrogen and oxygen atoms in total. The molecule has 2 aromatic rings. The third-order valence-corrected chi connectivity index (χ3v) is 7.91. The number of nitrogens with one attached hydrogen (secondary N) is 1. The summed E-state index contributed by atoms with van der Waals surface area (Å²) >= 11 is 0. The van der Waals surface area contributed by atoms with Crippen LogP contribution in [-0.2, 0) is 16.6 Å². The number of rotatable bonds is 4. The average Bonchev–Trinajstić information content (AvgIpc) is 3.37. The van der Waals surface area contributed by atoms with Crippen molar-refractivity contribution in [3.05, 3.63) is 23.7 Å². The lowest BCUT2D eigenvalue weighted by molar-refractivity contribution is -0.173. The first kappa shape index (κ1) is 21.2. The van der Waals surface area contributed by atoms with Gasteiger partial charge in [-0.15, -0.1) is 0 Å². The van der Waals surface area contributed by atoms with Gasteiger partial charge < -0.3 is 5.32 Å². The molecular weight excluding hydrogens is 421 g/mol. The van der Waals surface area contributed by atoms with Crippen LogP contribution in [0.4, 0.5) is 19.0 Å². The largest absolute Gasteiger partial charge is 0.410 e. The highest BCUT2D eigenvalue weighted by atomic mass is 32.2. The second kappa shape index (κ2) is 7.26. The van der Waals surface area contributed by atoms with Crippen LogP contribution in [0.15, 0.2) is 17.2 Å². The van der Waals surface area contributed by atoms with Gasteiger partial charge in [-0.3, -0.25) is 4.68 Å². The highest BCUT2D eigenvalue weighted by Crippen LogP contribution is 2.41. The van der Waals surface area contributed by atoms with Crippen LogP contribution in [0, 0.1) is 6.92 Å². The molecule has 0 amide bonds. The van der Waals surface area contributed by atoms with Crippen molar-refractivity contribution in [3.63, 3.8) is 0 Å². The van der Waals surface area contributed by atoms with Crippen molar-refractivity contribution >= 4 is 15.8 Å². The Hall–Kier alpha value is -2.08. The van der Waals surface area contributed by atoms with Crippen molar-refractivity contribution < 1.29 is 21.6 Å². The maximum Gasteiger partial charge on any atom is 0.410 e. The van der Waals surface area contributed by atoms with E-state index in [1.807, 2.05) is 6.92 Å². The van der Waals surface area contributed by atoms with E-state index in [1.54, 1.807) is 24.6 Å². The number of hydrogen-bond donors (Lipinski definition) is 1. The Balaban J connectivity index is 1.58. The molecule has 4 heterocycles. The predicted molar refractivity (Wildman–Crippen MR) is 104 cm³/mol. The number of anilines is 1. The molecular formula is C18H25F3N6O2S. The molecule has 4 rings (SSSR count). The minimum atomic E-state index is -4.39. The van der Waals surface area contributed by atoms with Gasteiger partial charge in [-0.1, -0.05) is 0 Å². The van der Waals surface area contributed by atoms with Gasteiger partial charge in [0.1, 0.15) is 10.7 Å². The average molecular weight is 446 g/mol. The SMILES string of the molecule is CCn1ncc(S(=O)(=O)N2CC[C@@H](c3cc4n(n3)[C@@H](C(F)(F)F)C[C@@H](C)N4)C2)c1C. The number of sulfonamides is 1. The highest BCUT2D eigenvalue weighted by Gasteiger charge is 2.46. The topological polar surface area (TPSA) is 85.1 Å². The van der Waals surface area contributed by atoms with E-state index in [2.05, 4.69) is 15.5 Å². The fourth-order valence-corrected chi connectivity index (χ4v) is 5.96. The summed E-state index contributed by atoms with van der Waals surface area (Å²) < 4.78 is 70.5. The lowest BCUT2D eigenvalue weighted by Gasteiger charge is -2.31. The van der Waals surface area contributed by atoms with Crippen molar-refractivity contribution in [1.82, 2.24) is 23.9 Å². The fourth-order valence-electron chi connectivity index (χ4n) is 4.31. The number of halogens is 3. The first-order chi connectivity index (χ1) is 14.0. The van der Waals surface area contributed by atoms with Crippen molar-refractivity contribution in [2.75, 3.05) is 18.4 Å². The Kier molecular flexibility index (Phi) is 5.12. The minimum absolute atomic E-state index is 0.0938. The van der Waals surface area contributed by atoms with Crippen molar-refractivity contribution in [2.24, 2.45) is 0 Å². The van der Waals surface area contributed by atoms with Gasteiger partial charge in [-0.25, -0.2) is 13.1 Å². The molecule has 0 saturated carbocycles. The van der Waals surface area contributed by atoms with Crippen LogP contribution in [0.2, 0.25) is 0 Å². The van der Waals surface area contributed by atoms with E-state index in [9.17, 15) is 21.6 Å². The summed E-state index contributed by atoms with van der Waals surface area (Å²) in [6.45, 7) is 6.34. The van der Waals surface area contributed by atoms with Crippen LogP contribution in [0.3, 0.4) is 0 Å². The molecule has 2 aliphatic heterocycles. The van der Waals surface area contributed by atoms with Crippen molar-refractivity contribution in [3.8, 4) is 0 Å². The van der Waals surface area contributed by atoms with E-state index in [4.69, 9.17) is 0 Å².